The van der Waals surface area contributed by atoms with Crippen LogP contribution in [0.3, 0.4) is 0 Å². The molecule has 1 heterocycles. The summed E-state index contributed by atoms with van der Waals surface area (Å²) in [6, 6.07) is 14.7. The van der Waals surface area contributed by atoms with E-state index in [-0.39, 0.29) is 0 Å². The van der Waals surface area contributed by atoms with Crippen LogP contribution < -0.4 is 0 Å². The first-order chi connectivity index (χ1) is 15.7. The van der Waals surface area contributed by atoms with Gasteiger partial charge in [0.2, 0.25) is 0 Å². The Balaban J connectivity index is 1.52. The van der Waals surface area contributed by atoms with Crippen LogP contribution in [0.1, 0.15) is 63.5 Å². The standard InChI is InChI=1S/C29H36N2O/c1-4-6-10-20-32-23(3)12-8-7-9-13-25-16-19-27-28(21-25)30-22-29(31-27)26-17-14-24(11-5-2)15-18-26/h5,9,13-19,21-23H,2,4,6-8,10-12,20H2,1,3H3. The third kappa shape index (κ3) is 7.42. The smallest absolute Gasteiger partial charge is 0.0894 e. The van der Waals surface area contributed by atoms with Gasteiger partial charge < -0.3 is 4.74 Å². The second kappa shape index (κ2) is 12.9. The lowest BCUT2D eigenvalue weighted by atomic mass is 10.1. The van der Waals surface area contributed by atoms with Crippen molar-refractivity contribution in [3.8, 4) is 11.3 Å². The summed E-state index contributed by atoms with van der Waals surface area (Å²) in [7, 11) is 0. The highest BCUT2D eigenvalue weighted by Crippen LogP contribution is 2.21. The van der Waals surface area contributed by atoms with Crippen LogP contribution >= 0.6 is 0 Å². The molecular formula is C29H36N2O. The lowest BCUT2D eigenvalue weighted by Gasteiger charge is -2.12. The van der Waals surface area contributed by atoms with Gasteiger partial charge in [0.15, 0.2) is 0 Å². The second-order valence-electron chi connectivity index (χ2n) is 8.41. The van der Waals surface area contributed by atoms with Crippen molar-refractivity contribution in [3.63, 3.8) is 0 Å². The van der Waals surface area contributed by atoms with Crippen molar-refractivity contribution < 1.29 is 4.74 Å². The molecule has 0 radical (unpaired) electrons. The fraction of sp³-hybridized carbons (Fsp3) is 0.379. The van der Waals surface area contributed by atoms with Gasteiger partial charge in [-0.3, -0.25) is 4.98 Å². The minimum atomic E-state index is 0.351. The molecule has 1 aromatic heterocycles. The molecule has 0 saturated heterocycles. The first-order valence-corrected chi connectivity index (χ1v) is 11.9. The molecule has 3 heteroatoms. The van der Waals surface area contributed by atoms with E-state index in [4.69, 9.17) is 9.72 Å². The summed E-state index contributed by atoms with van der Waals surface area (Å²) < 4.78 is 5.87. The summed E-state index contributed by atoms with van der Waals surface area (Å²) in [5.41, 5.74) is 6.24. The van der Waals surface area contributed by atoms with Gasteiger partial charge in [0.1, 0.15) is 0 Å². The van der Waals surface area contributed by atoms with Crippen LogP contribution in [-0.2, 0) is 11.2 Å². The minimum Gasteiger partial charge on any atom is -0.379 e. The maximum Gasteiger partial charge on any atom is 0.0894 e. The summed E-state index contributed by atoms with van der Waals surface area (Å²) in [5, 5.41) is 0. The van der Waals surface area contributed by atoms with Gasteiger partial charge in [-0.25, -0.2) is 4.98 Å². The summed E-state index contributed by atoms with van der Waals surface area (Å²) in [6.45, 7) is 9.09. The zero-order chi connectivity index (χ0) is 22.6. The number of rotatable bonds is 13. The van der Waals surface area contributed by atoms with E-state index >= 15 is 0 Å². The molecular weight excluding hydrogens is 392 g/mol. The number of hydrogen-bond acceptors (Lipinski definition) is 3. The highest BCUT2D eigenvalue weighted by atomic mass is 16.5. The summed E-state index contributed by atoms with van der Waals surface area (Å²) in [4.78, 5) is 9.46. The molecule has 3 aromatic rings. The molecule has 0 aliphatic heterocycles. The highest BCUT2D eigenvalue weighted by molar-refractivity contribution is 5.79. The van der Waals surface area contributed by atoms with Gasteiger partial charge in [-0.15, -0.1) is 6.58 Å². The average Bonchev–Trinajstić information content (AvgIpc) is 2.82. The molecule has 0 spiro atoms. The number of benzene rings is 2. The van der Waals surface area contributed by atoms with Gasteiger partial charge >= 0.3 is 0 Å². The fourth-order valence-corrected chi connectivity index (χ4v) is 3.71. The number of nitrogens with zero attached hydrogens (tertiary/aromatic N) is 2. The van der Waals surface area contributed by atoms with Crippen molar-refractivity contribution in [1.82, 2.24) is 9.97 Å². The van der Waals surface area contributed by atoms with Crippen molar-refractivity contribution in [2.24, 2.45) is 0 Å². The predicted octanol–water partition coefficient (Wildman–Crippen LogP) is 7.80. The van der Waals surface area contributed by atoms with Crippen molar-refractivity contribution in [1.29, 1.82) is 0 Å². The minimum absolute atomic E-state index is 0.351. The van der Waals surface area contributed by atoms with Crippen LogP contribution in [0, 0.1) is 0 Å². The van der Waals surface area contributed by atoms with E-state index in [1.165, 1.54) is 24.8 Å². The number of fused-ring (bicyclic) bond motifs is 1. The van der Waals surface area contributed by atoms with E-state index in [2.05, 4.69) is 80.0 Å². The molecule has 2 aromatic carbocycles. The number of aromatic nitrogens is 2. The SMILES string of the molecule is C=CCc1ccc(-c2cnc3cc(C=CCCCC(C)OCCCCC)ccc3n2)cc1. The third-order valence-electron chi connectivity index (χ3n) is 5.64. The first-order valence-electron chi connectivity index (χ1n) is 11.9. The number of unbranched alkanes of at least 4 members (excludes halogenated alkanes) is 3. The van der Waals surface area contributed by atoms with Crippen LogP contribution in [0.15, 0.2) is 67.4 Å². The lowest BCUT2D eigenvalue weighted by Crippen LogP contribution is -2.08. The van der Waals surface area contributed by atoms with E-state index in [0.717, 1.165) is 60.1 Å². The molecule has 0 N–H and O–H groups in total. The van der Waals surface area contributed by atoms with E-state index in [1.807, 2.05) is 12.3 Å². The van der Waals surface area contributed by atoms with Gasteiger partial charge in [-0.1, -0.05) is 68.3 Å². The highest BCUT2D eigenvalue weighted by Gasteiger charge is 2.04. The van der Waals surface area contributed by atoms with Crippen LogP contribution in [0.25, 0.3) is 28.4 Å². The zero-order valence-electron chi connectivity index (χ0n) is 19.6. The second-order valence-corrected chi connectivity index (χ2v) is 8.41. The molecule has 3 nitrogen and oxygen atoms in total. The summed E-state index contributed by atoms with van der Waals surface area (Å²) in [6.07, 6.45) is 16.4. The maximum absolute atomic E-state index is 5.87. The van der Waals surface area contributed by atoms with E-state index in [0.29, 0.717) is 6.10 Å². The molecule has 1 atom stereocenters. The largest absolute Gasteiger partial charge is 0.379 e. The van der Waals surface area contributed by atoms with Crippen LogP contribution in [0.4, 0.5) is 0 Å². The molecule has 0 bridgehead atoms. The van der Waals surface area contributed by atoms with E-state index in [9.17, 15) is 0 Å². The molecule has 0 fully saturated rings. The van der Waals surface area contributed by atoms with Gasteiger partial charge in [0.25, 0.3) is 0 Å². The Bertz CT molecular complexity index is 1010. The van der Waals surface area contributed by atoms with Crippen molar-refractivity contribution in [2.45, 2.75) is 64.9 Å². The van der Waals surface area contributed by atoms with Crippen LogP contribution in [0.2, 0.25) is 0 Å². The molecule has 168 valence electrons. The van der Waals surface area contributed by atoms with Crippen molar-refractivity contribution in [3.05, 3.63) is 78.5 Å². The van der Waals surface area contributed by atoms with E-state index in [1.54, 1.807) is 0 Å². The topological polar surface area (TPSA) is 35.0 Å². The number of hydrogen-bond donors (Lipinski definition) is 0. The zero-order valence-corrected chi connectivity index (χ0v) is 19.6. The molecule has 0 aliphatic rings. The molecule has 1 unspecified atom stereocenters. The number of allylic oxidation sites excluding steroid dienone is 2. The van der Waals surface area contributed by atoms with Crippen LogP contribution in [-0.4, -0.2) is 22.7 Å². The molecule has 0 saturated carbocycles. The van der Waals surface area contributed by atoms with Crippen molar-refractivity contribution in [2.75, 3.05) is 6.61 Å². The molecule has 3 rings (SSSR count). The fourth-order valence-electron chi connectivity index (χ4n) is 3.71. The summed E-state index contributed by atoms with van der Waals surface area (Å²) >= 11 is 0. The third-order valence-corrected chi connectivity index (χ3v) is 5.64. The van der Waals surface area contributed by atoms with Gasteiger partial charge in [-0.2, -0.15) is 0 Å². The molecule has 0 amide bonds. The predicted molar refractivity (Wildman–Crippen MR) is 137 cm³/mol. The Morgan fingerprint density at radius 3 is 2.66 bits per heavy atom. The van der Waals surface area contributed by atoms with Gasteiger partial charge in [0, 0.05) is 12.2 Å². The number of ether oxygens (including phenoxy) is 1. The quantitative estimate of drug-likeness (QED) is 0.206. The normalized spacial score (nSPS) is 12.4. The summed E-state index contributed by atoms with van der Waals surface area (Å²) in [5.74, 6) is 0. The van der Waals surface area contributed by atoms with Crippen molar-refractivity contribution >= 4 is 17.1 Å². The Hall–Kier alpha value is -2.78. The Labute approximate surface area is 193 Å². The van der Waals surface area contributed by atoms with Crippen LogP contribution in [0.5, 0.6) is 0 Å². The Kier molecular flexibility index (Phi) is 9.64. The Morgan fingerprint density at radius 2 is 1.88 bits per heavy atom. The lowest BCUT2D eigenvalue weighted by molar-refractivity contribution is 0.0566. The van der Waals surface area contributed by atoms with E-state index < -0.39 is 0 Å². The molecule has 0 aliphatic carbocycles. The van der Waals surface area contributed by atoms with Gasteiger partial charge in [0.05, 0.1) is 29.0 Å². The first kappa shape index (κ1) is 23.9. The Morgan fingerprint density at radius 1 is 1.03 bits per heavy atom. The van der Waals surface area contributed by atoms with Gasteiger partial charge in [-0.05, 0) is 62.3 Å². The monoisotopic (exact) mass is 428 g/mol. The molecule has 32 heavy (non-hydrogen) atoms. The average molecular weight is 429 g/mol. The maximum atomic E-state index is 5.87.